The fraction of sp³-hybridized carbons (Fsp3) is 0.118. The molecule has 0 saturated carbocycles. The number of hydrogen-bond acceptors (Lipinski definition) is 3. The lowest BCUT2D eigenvalue weighted by Crippen LogP contribution is -2.07. The van der Waals surface area contributed by atoms with Gasteiger partial charge in [0.1, 0.15) is 5.03 Å². The van der Waals surface area contributed by atoms with E-state index in [4.69, 9.17) is 4.98 Å². The van der Waals surface area contributed by atoms with E-state index in [-0.39, 0.29) is 0 Å². The number of fused-ring (bicyclic) bond motifs is 1. The average molecular weight is 280 g/mol. The van der Waals surface area contributed by atoms with Gasteiger partial charge in [0, 0.05) is 16.8 Å². The van der Waals surface area contributed by atoms with Crippen molar-refractivity contribution in [3.05, 3.63) is 66.2 Å². The summed E-state index contributed by atoms with van der Waals surface area (Å²) >= 11 is 1.72. The fourth-order valence-electron chi connectivity index (χ4n) is 2.15. The van der Waals surface area contributed by atoms with E-state index in [1.54, 1.807) is 11.8 Å². The molecule has 2 nitrogen and oxygen atoms in total. The molecule has 3 aromatic rings. The number of aromatic nitrogens is 1. The van der Waals surface area contributed by atoms with Crippen LogP contribution in [0.3, 0.4) is 0 Å². The lowest BCUT2D eigenvalue weighted by Gasteiger charge is -2.10. The van der Waals surface area contributed by atoms with Crippen LogP contribution in [0.1, 0.15) is 5.56 Å². The van der Waals surface area contributed by atoms with E-state index in [1.165, 1.54) is 15.8 Å². The summed E-state index contributed by atoms with van der Waals surface area (Å²) in [5.41, 5.74) is 2.28. The first kappa shape index (κ1) is 13.2. The van der Waals surface area contributed by atoms with E-state index in [9.17, 15) is 0 Å². The van der Waals surface area contributed by atoms with Crippen molar-refractivity contribution < 1.29 is 0 Å². The van der Waals surface area contributed by atoms with Crippen molar-refractivity contribution in [2.24, 2.45) is 0 Å². The van der Waals surface area contributed by atoms with E-state index >= 15 is 0 Å². The molecule has 1 N–H and O–H groups in total. The first-order chi connectivity index (χ1) is 9.86. The average Bonchev–Trinajstić information content (AvgIpc) is 2.49. The van der Waals surface area contributed by atoms with Gasteiger partial charge in [-0.05, 0) is 36.9 Å². The largest absolute Gasteiger partial charge is 0.316 e. The van der Waals surface area contributed by atoms with Crippen LogP contribution in [0.2, 0.25) is 0 Å². The molecule has 0 saturated heterocycles. The number of benzene rings is 2. The fourth-order valence-corrected chi connectivity index (χ4v) is 3.07. The highest BCUT2D eigenvalue weighted by atomic mass is 32.2. The first-order valence-corrected chi connectivity index (χ1v) is 7.44. The van der Waals surface area contributed by atoms with Crippen molar-refractivity contribution in [2.75, 3.05) is 7.05 Å². The molecule has 0 amide bonds. The normalized spacial score (nSPS) is 10.8. The minimum absolute atomic E-state index is 0.826. The first-order valence-electron chi connectivity index (χ1n) is 6.63. The quantitative estimate of drug-likeness (QED) is 0.778. The van der Waals surface area contributed by atoms with E-state index in [0.29, 0.717) is 0 Å². The summed E-state index contributed by atoms with van der Waals surface area (Å²) in [5.74, 6) is 0. The van der Waals surface area contributed by atoms with E-state index < -0.39 is 0 Å². The molecule has 0 atom stereocenters. The Kier molecular flexibility index (Phi) is 4.00. The number of rotatable bonds is 4. The van der Waals surface area contributed by atoms with Crippen LogP contribution in [0.5, 0.6) is 0 Å². The van der Waals surface area contributed by atoms with Crippen LogP contribution < -0.4 is 5.32 Å². The molecule has 0 bridgehead atoms. The summed E-state index contributed by atoms with van der Waals surface area (Å²) in [6.45, 7) is 0.826. The zero-order valence-corrected chi connectivity index (χ0v) is 12.2. The Labute approximate surface area is 123 Å². The predicted octanol–water partition coefficient (Wildman–Crippen LogP) is 4.11. The lowest BCUT2D eigenvalue weighted by atomic mass is 10.1. The van der Waals surface area contributed by atoms with Gasteiger partial charge >= 0.3 is 0 Å². The third-order valence-electron chi connectivity index (χ3n) is 3.09. The molecule has 0 aliphatic heterocycles. The lowest BCUT2D eigenvalue weighted by molar-refractivity contribution is 0.794. The van der Waals surface area contributed by atoms with Crippen LogP contribution in [-0.4, -0.2) is 12.0 Å². The summed E-state index contributed by atoms with van der Waals surface area (Å²) in [7, 11) is 1.96. The Morgan fingerprint density at radius 1 is 1.00 bits per heavy atom. The van der Waals surface area contributed by atoms with Crippen molar-refractivity contribution >= 4 is 22.7 Å². The number of hydrogen-bond donors (Lipinski definition) is 1. The Hall–Kier alpha value is -1.84. The molecule has 20 heavy (non-hydrogen) atoms. The summed E-state index contributed by atoms with van der Waals surface area (Å²) in [6, 6.07) is 20.9. The van der Waals surface area contributed by atoms with Crippen molar-refractivity contribution in [3.8, 4) is 0 Å². The molecule has 100 valence electrons. The van der Waals surface area contributed by atoms with Gasteiger partial charge in [-0.15, -0.1) is 0 Å². The predicted molar refractivity (Wildman–Crippen MR) is 85.1 cm³/mol. The van der Waals surface area contributed by atoms with Crippen LogP contribution in [-0.2, 0) is 6.54 Å². The topological polar surface area (TPSA) is 24.9 Å². The van der Waals surface area contributed by atoms with E-state index in [0.717, 1.165) is 17.1 Å². The van der Waals surface area contributed by atoms with Gasteiger partial charge < -0.3 is 5.32 Å². The Morgan fingerprint density at radius 3 is 2.55 bits per heavy atom. The maximum absolute atomic E-state index is 4.81. The van der Waals surface area contributed by atoms with Crippen molar-refractivity contribution in [3.63, 3.8) is 0 Å². The molecule has 0 aliphatic rings. The highest BCUT2D eigenvalue weighted by Crippen LogP contribution is 2.30. The van der Waals surface area contributed by atoms with Crippen molar-refractivity contribution in [1.82, 2.24) is 10.3 Å². The summed E-state index contributed by atoms with van der Waals surface area (Å²) < 4.78 is 0. The molecule has 1 heterocycles. The summed E-state index contributed by atoms with van der Waals surface area (Å²) in [6.07, 6.45) is 0. The van der Waals surface area contributed by atoms with Gasteiger partial charge in [-0.3, -0.25) is 0 Å². The molecule has 0 aliphatic carbocycles. The molecular formula is C17H16N2S. The minimum atomic E-state index is 0.826. The molecule has 0 radical (unpaired) electrons. The number of nitrogens with one attached hydrogen (secondary N) is 1. The van der Waals surface area contributed by atoms with Crippen LogP contribution in [0.25, 0.3) is 10.9 Å². The van der Waals surface area contributed by atoms with E-state index in [2.05, 4.69) is 53.8 Å². The maximum Gasteiger partial charge on any atom is 0.106 e. The van der Waals surface area contributed by atoms with Crippen LogP contribution in [0, 0.1) is 0 Å². The van der Waals surface area contributed by atoms with E-state index in [1.807, 2.05) is 19.2 Å². The van der Waals surface area contributed by atoms with Gasteiger partial charge in [0.05, 0.1) is 5.52 Å². The summed E-state index contributed by atoms with van der Waals surface area (Å²) in [5, 5.41) is 5.48. The third-order valence-corrected chi connectivity index (χ3v) is 4.14. The maximum atomic E-state index is 4.81. The zero-order valence-electron chi connectivity index (χ0n) is 11.3. The highest BCUT2D eigenvalue weighted by molar-refractivity contribution is 7.99. The van der Waals surface area contributed by atoms with Crippen LogP contribution >= 0.6 is 11.8 Å². The Morgan fingerprint density at radius 2 is 1.75 bits per heavy atom. The molecular weight excluding hydrogens is 264 g/mol. The van der Waals surface area contributed by atoms with Gasteiger partial charge in [0.25, 0.3) is 0 Å². The second kappa shape index (κ2) is 6.07. The van der Waals surface area contributed by atoms with Crippen molar-refractivity contribution in [1.29, 1.82) is 0 Å². The zero-order chi connectivity index (χ0) is 13.8. The second-order valence-electron chi connectivity index (χ2n) is 4.59. The van der Waals surface area contributed by atoms with Crippen LogP contribution in [0.4, 0.5) is 0 Å². The summed E-state index contributed by atoms with van der Waals surface area (Å²) in [4.78, 5) is 6.03. The monoisotopic (exact) mass is 280 g/mol. The number of para-hydroxylation sites is 1. The van der Waals surface area contributed by atoms with Gasteiger partial charge in [0.2, 0.25) is 0 Å². The van der Waals surface area contributed by atoms with Crippen LogP contribution in [0.15, 0.2) is 70.6 Å². The number of pyridine rings is 1. The highest BCUT2D eigenvalue weighted by Gasteiger charge is 2.08. The van der Waals surface area contributed by atoms with Gasteiger partial charge in [0.15, 0.2) is 0 Å². The molecule has 0 spiro atoms. The van der Waals surface area contributed by atoms with Gasteiger partial charge in [-0.25, -0.2) is 4.98 Å². The second-order valence-corrected chi connectivity index (χ2v) is 5.65. The van der Waals surface area contributed by atoms with Gasteiger partial charge in [-0.1, -0.05) is 48.2 Å². The SMILES string of the molecule is CNCc1cc2ccccc2nc1Sc1ccccc1. The minimum Gasteiger partial charge on any atom is -0.316 e. The standard InChI is InChI=1S/C17H16N2S/c1-18-12-14-11-13-7-5-6-10-16(13)19-17(14)20-15-8-3-2-4-9-15/h2-11,18H,12H2,1H3. The Balaban J connectivity index is 2.05. The van der Waals surface area contributed by atoms with Crippen molar-refractivity contribution in [2.45, 2.75) is 16.5 Å². The third kappa shape index (κ3) is 2.84. The molecule has 0 fully saturated rings. The Bertz CT molecular complexity index is 711. The molecule has 3 heteroatoms. The molecule has 2 aromatic carbocycles. The van der Waals surface area contributed by atoms with Gasteiger partial charge in [-0.2, -0.15) is 0 Å². The smallest absolute Gasteiger partial charge is 0.106 e. The molecule has 3 rings (SSSR count). The number of nitrogens with zero attached hydrogens (tertiary/aromatic N) is 1. The molecule has 0 unspecified atom stereocenters. The molecule has 1 aromatic heterocycles.